The predicted octanol–water partition coefficient (Wildman–Crippen LogP) is 11.5. The molecule has 0 bridgehead atoms. The fourth-order valence-electron chi connectivity index (χ4n) is 8.92. The van der Waals surface area contributed by atoms with Gasteiger partial charge in [-0.3, -0.25) is 0 Å². The van der Waals surface area contributed by atoms with Crippen molar-refractivity contribution in [2.24, 2.45) is 0 Å². The summed E-state index contributed by atoms with van der Waals surface area (Å²) in [7, 11) is 0. The van der Waals surface area contributed by atoms with Gasteiger partial charge in [0.25, 0.3) is 0 Å². The Hall–Kier alpha value is -8.94. The van der Waals surface area contributed by atoms with Crippen molar-refractivity contribution >= 4 is 0 Å². The van der Waals surface area contributed by atoms with Gasteiger partial charge in [-0.2, -0.15) is 0 Å². The minimum Gasteiger partial charge on any atom is -0.369 e. The number of hydrogen-bond donors (Lipinski definition) is 4. The highest BCUT2D eigenvalue weighted by Gasteiger charge is 2.34. The van der Waals surface area contributed by atoms with Gasteiger partial charge in [-0.05, 0) is 25.0 Å². The van der Waals surface area contributed by atoms with Crippen LogP contribution in [-0.2, 0) is 22.4 Å². The quantitative estimate of drug-likeness (QED) is 0.114. The normalized spacial score (nSPS) is 11.3. The van der Waals surface area contributed by atoms with Crippen LogP contribution in [0.3, 0.4) is 0 Å². The summed E-state index contributed by atoms with van der Waals surface area (Å²) >= 11 is 0. The molecule has 0 atom stereocenters. The largest absolute Gasteiger partial charge is 0.369 e. The van der Waals surface area contributed by atoms with Crippen molar-refractivity contribution in [1.82, 2.24) is 0 Å². The van der Waals surface area contributed by atoms with Crippen LogP contribution in [0.15, 0.2) is 243 Å². The van der Waals surface area contributed by atoms with Crippen LogP contribution in [0.2, 0.25) is 0 Å². The molecule has 0 spiro atoms. The van der Waals surface area contributed by atoms with Crippen molar-refractivity contribution in [1.29, 1.82) is 0 Å². The Bertz CT molecular complexity index is 2930. The summed E-state index contributed by atoms with van der Waals surface area (Å²) in [5.41, 5.74) is 0.164. The number of hydrogen-bond acceptors (Lipinski definition) is 4. The lowest BCUT2D eigenvalue weighted by Crippen LogP contribution is -2.26. The monoisotopic (exact) mass is 930 g/mol. The van der Waals surface area contributed by atoms with Gasteiger partial charge in [0.1, 0.15) is 0 Å². The summed E-state index contributed by atoms with van der Waals surface area (Å²) in [6.07, 6.45) is 0. The molecule has 0 radical (unpaired) electrons. The number of aliphatic hydroxyl groups is 4. The molecule has 0 saturated heterocycles. The molecule has 0 unspecified atom stereocenters. The van der Waals surface area contributed by atoms with Gasteiger partial charge in [0, 0.05) is 66.8 Å². The Kier molecular flexibility index (Phi) is 14.0. The predicted molar refractivity (Wildman–Crippen MR) is 287 cm³/mol. The summed E-state index contributed by atoms with van der Waals surface area (Å²) in [6, 6.07) is 74.3. The summed E-state index contributed by atoms with van der Waals surface area (Å²) in [5, 5.41) is 51.4. The van der Waals surface area contributed by atoms with Crippen molar-refractivity contribution in [3.8, 4) is 47.4 Å². The number of benzene rings is 9. The van der Waals surface area contributed by atoms with E-state index in [0.717, 1.165) is 0 Å². The molecule has 9 aromatic rings. The van der Waals surface area contributed by atoms with Gasteiger partial charge < -0.3 is 20.4 Å². The highest BCUT2D eigenvalue weighted by molar-refractivity contribution is 5.72. The van der Waals surface area contributed by atoms with Crippen LogP contribution in [0.5, 0.6) is 0 Å². The topological polar surface area (TPSA) is 80.9 Å². The average Bonchev–Trinajstić information content (AvgIpc) is 3.45. The van der Waals surface area contributed by atoms with Crippen molar-refractivity contribution in [3.63, 3.8) is 0 Å². The van der Waals surface area contributed by atoms with E-state index in [2.05, 4.69) is 47.4 Å². The third-order valence-corrected chi connectivity index (χ3v) is 13.0. The molecule has 0 heterocycles. The molecule has 72 heavy (non-hydrogen) atoms. The molecule has 4 N–H and O–H groups in total. The van der Waals surface area contributed by atoms with Crippen LogP contribution in [0, 0.1) is 61.2 Å². The third kappa shape index (κ3) is 9.65. The lowest BCUT2D eigenvalue weighted by atomic mass is 9.82. The minimum absolute atomic E-state index is 0.424. The molecule has 0 saturated carbocycles. The van der Waals surface area contributed by atoms with E-state index in [-0.39, 0.29) is 0 Å². The Labute approximate surface area is 422 Å². The summed E-state index contributed by atoms with van der Waals surface area (Å²) in [5.74, 6) is 26.8. The molecule has 0 fully saturated rings. The molecule has 0 aliphatic heterocycles. The van der Waals surface area contributed by atoms with Crippen molar-refractivity contribution in [3.05, 3.63) is 321 Å². The van der Waals surface area contributed by atoms with Gasteiger partial charge in [-0.15, -0.1) is 0 Å². The van der Waals surface area contributed by atoms with Crippen LogP contribution >= 0.6 is 0 Å². The Morgan fingerprint density at radius 1 is 0.222 bits per heavy atom. The maximum atomic E-state index is 12.8. The van der Waals surface area contributed by atoms with E-state index in [1.54, 1.807) is 0 Å². The lowest BCUT2D eigenvalue weighted by molar-refractivity contribution is 0.145. The van der Waals surface area contributed by atoms with Gasteiger partial charge in [-0.1, -0.05) is 290 Å². The third-order valence-electron chi connectivity index (χ3n) is 13.0. The SMILES string of the molecule is Cc1c(C#CC(O)(c2ccccc2)c2ccccc2)c(C#CC(O)(c2ccccc2)c2ccccc2)c(C)c(C#CC(O)(c2ccccc2)c2ccccc2)c1C#CC(O)(c1ccccc1)c1ccccc1. The van der Waals surface area contributed by atoms with Crippen molar-refractivity contribution in [2.75, 3.05) is 0 Å². The van der Waals surface area contributed by atoms with E-state index in [1.165, 1.54) is 0 Å². The minimum atomic E-state index is -1.78. The first-order valence-electron chi connectivity index (χ1n) is 23.7. The van der Waals surface area contributed by atoms with Crippen LogP contribution < -0.4 is 0 Å². The molecule has 9 aromatic carbocycles. The van der Waals surface area contributed by atoms with Crippen LogP contribution in [0.1, 0.15) is 77.9 Å². The molecule has 4 nitrogen and oxygen atoms in total. The molecule has 4 heteroatoms. The van der Waals surface area contributed by atoms with Gasteiger partial charge in [-0.25, -0.2) is 0 Å². The Morgan fingerprint density at radius 3 is 0.472 bits per heavy atom. The van der Waals surface area contributed by atoms with Crippen LogP contribution in [-0.4, -0.2) is 20.4 Å². The summed E-state index contributed by atoms with van der Waals surface area (Å²) < 4.78 is 0. The smallest absolute Gasteiger partial charge is 0.177 e. The van der Waals surface area contributed by atoms with E-state index in [0.29, 0.717) is 77.9 Å². The van der Waals surface area contributed by atoms with E-state index in [1.807, 2.05) is 257 Å². The Morgan fingerprint density at radius 2 is 0.347 bits per heavy atom. The fraction of sp³-hybridized carbons (Fsp3) is 0.0882. The first kappa shape index (κ1) is 48.1. The van der Waals surface area contributed by atoms with Gasteiger partial charge in [0.2, 0.25) is 0 Å². The fourth-order valence-corrected chi connectivity index (χ4v) is 8.92. The highest BCUT2D eigenvalue weighted by Crippen LogP contribution is 2.36. The van der Waals surface area contributed by atoms with E-state index in [4.69, 9.17) is 0 Å². The molecular formula is C68H50O4. The summed E-state index contributed by atoms with van der Waals surface area (Å²) in [4.78, 5) is 0. The molecule has 0 amide bonds. The van der Waals surface area contributed by atoms with Crippen LogP contribution in [0.25, 0.3) is 0 Å². The number of rotatable bonds is 8. The maximum absolute atomic E-state index is 12.8. The Balaban J connectivity index is 1.40. The highest BCUT2D eigenvalue weighted by atomic mass is 16.3. The zero-order chi connectivity index (χ0) is 50.0. The second kappa shape index (κ2) is 21.0. The van der Waals surface area contributed by atoms with Crippen molar-refractivity contribution < 1.29 is 20.4 Å². The molecular weight excluding hydrogens is 881 g/mol. The molecule has 0 aromatic heterocycles. The van der Waals surface area contributed by atoms with E-state index < -0.39 is 22.4 Å². The van der Waals surface area contributed by atoms with Gasteiger partial charge in [0.05, 0.1) is 0 Å². The zero-order valence-electron chi connectivity index (χ0n) is 39.9. The van der Waals surface area contributed by atoms with Gasteiger partial charge >= 0.3 is 0 Å². The first-order chi connectivity index (χ1) is 35.0. The van der Waals surface area contributed by atoms with Crippen molar-refractivity contribution in [2.45, 2.75) is 36.3 Å². The lowest BCUT2D eigenvalue weighted by Gasteiger charge is -2.25. The second-order valence-electron chi connectivity index (χ2n) is 17.5. The molecule has 0 aliphatic carbocycles. The second-order valence-corrected chi connectivity index (χ2v) is 17.5. The molecule has 9 rings (SSSR count). The summed E-state index contributed by atoms with van der Waals surface area (Å²) in [6.45, 7) is 3.75. The van der Waals surface area contributed by atoms with Crippen LogP contribution in [0.4, 0.5) is 0 Å². The molecule has 346 valence electrons. The average molecular weight is 931 g/mol. The first-order valence-corrected chi connectivity index (χ1v) is 23.7. The zero-order valence-corrected chi connectivity index (χ0v) is 39.9. The maximum Gasteiger partial charge on any atom is 0.177 e. The van der Waals surface area contributed by atoms with E-state index >= 15 is 0 Å². The van der Waals surface area contributed by atoms with E-state index in [9.17, 15) is 20.4 Å². The standard InChI is InChI=1S/C68H50O4/c1-51-61(43-47-65(69,53-27-11-3-12-28-53)54-29-13-4-14-30-54)63(45-49-67(71,57-35-19-7-20-36-57)58-37-21-8-22-38-58)52(2)64(46-50-68(72,59-39-23-9-24-40-59)60-41-25-10-26-42-60)62(51)44-48-66(70,55-31-15-5-16-32-55)56-33-17-6-18-34-56/h3-42,69-72H,1-2H3. The molecule has 0 aliphatic rings. The van der Waals surface area contributed by atoms with Gasteiger partial charge in [0.15, 0.2) is 22.4 Å².